The molecular formula is C20H20N2O3. The Morgan fingerprint density at radius 2 is 1.72 bits per heavy atom. The molecule has 1 aromatic heterocycles. The van der Waals surface area contributed by atoms with Crippen LogP contribution in [-0.2, 0) is 4.74 Å². The highest BCUT2D eigenvalue weighted by Crippen LogP contribution is 2.25. The van der Waals surface area contributed by atoms with Crippen LogP contribution in [0.1, 0.15) is 24.3 Å². The van der Waals surface area contributed by atoms with Gasteiger partial charge in [-0.1, -0.05) is 30.3 Å². The first-order chi connectivity index (χ1) is 12.2. The summed E-state index contributed by atoms with van der Waals surface area (Å²) in [5.41, 5.74) is 2.93. The molecule has 5 nitrogen and oxygen atoms in total. The number of carbonyl (C=O) groups is 1. The van der Waals surface area contributed by atoms with E-state index < -0.39 is 5.97 Å². The molecule has 1 heterocycles. The van der Waals surface area contributed by atoms with Crippen LogP contribution in [0.3, 0.4) is 0 Å². The zero-order valence-corrected chi connectivity index (χ0v) is 14.3. The van der Waals surface area contributed by atoms with Crippen LogP contribution in [0.15, 0.2) is 60.7 Å². The number of aromatic nitrogens is 2. The molecule has 5 heteroatoms. The lowest BCUT2D eigenvalue weighted by molar-refractivity contribution is 0.0519. The first-order valence-corrected chi connectivity index (χ1v) is 8.28. The van der Waals surface area contributed by atoms with Crippen molar-refractivity contribution in [3.05, 3.63) is 66.4 Å². The van der Waals surface area contributed by atoms with Crippen molar-refractivity contribution >= 4 is 5.97 Å². The molecule has 0 unspecified atom stereocenters. The smallest absolute Gasteiger partial charge is 0.358 e. The van der Waals surface area contributed by atoms with E-state index in [2.05, 4.69) is 5.10 Å². The lowest BCUT2D eigenvalue weighted by atomic mass is 10.1. The van der Waals surface area contributed by atoms with Crippen molar-refractivity contribution in [3.8, 4) is 22.7 Å². The summed E-state index contributed by atoms with van der Waals surface area (Å²) >= 11 is 0. The van der Waals surface area contributed by atoms with Gasteiger partial charge in [0, 0.05) is 5.56 Å². The maximum absolute atomic E-state index is 12.1. The lowest BCUT2D eigenvalue weighted by Gasteiger charge is -2.09. The van der Waals surface area contributed by atoms with Gasteiger partial charge in [0.05, 0.1) is 24.6 Å². The van der Waals surface area contributed by atoms with Crippen molar-refractivity contribution < 1.29 is 14.3 Å². The van der Waals surface area contributed by atoms with E-state index in [4.69, 9.17) is 9.47 Å². The van der Waals surface area contributed by atoms with Gasteiger partial charge in [0.2, 0.25) is 0 Å². The van der Waals surface area contributed by atoms with E-state index in [1.807, 2.05) is 61.5 Å². The van der Waals surface area contributed by atoms with E-state index in [-0.39, 0.29) is 5.69 Å². The molecule has 0 aliphatic heterocycles. The first kappa shape index (κ1) is 16.8. The minimum Gasteiger partial charge on any atom is -0.494 e. The minimum atomic E-state index is -0.427. The molecular weight excluding hydrogens is 316 g/mol. The third-order valence-corrected chi connectivity index (χ3v) is 3.66. The Kier molecular flexibility index (Phi) is 5.14. The Labute approximate surface area is 146 Å². The second-order valence-electron chi connectivity index (χ2n) is 5.34. The van der Waals surface area contributed by atoms with Gasteiger partial charge in [-0.05, 0) is 44.2 Å². The van der Waals surface area contributed by atoms with E-state index in [0.717, 1.165) is 22.7 Å². The largest absolute Gasteiger partial charge is 0.494 e. The maximum atomic E-state index is 12.1. The molecule has 0 saturated carbocycles. The highest BCUT2D eigenvalue weighted by molar-refractivity contribution is 5.89. The molecule has 0 bridgehead atoms. The third-order valence-electron chi connectivity index (χ3n) is 3.66. The molecule has 0 fully saturated rings. The zero-order chi connectivity index (χ0) is 17.6. The second kappa shape index (κ2) is 7.66. The number of carbonyl (C=O) groups excluding carboxylic acids is 1. The van der Waals surface area contributed by atoms with Crippen LogP contribution in [0.25, 0.3) is 16.9 Å². The van der Waals surface area contributed by atoms with Crippen molar-refractivity contribution in [3.63, 3.8) is 0 Å². The SMILES string of the molecule is CCOC(=O)c1cc(-c2ccccc2)n(-c2ccc(OCC)cc2)n1. The van der Waals surface area contributed by atoms with Gasteiger partial charge in [0.25, 0.3) is 0 Å². The molecule has 0 amide bonds. The molecule has 0 aliphatic carbocycles. The molecule has 25 heavy (non-hydrogen) atoms. The average Bonchev–Trinajstić information content (AvgIpc) is 3.09. The van der Waals surface area contributed by atoms with Crippen LogP contribution in [0.2, 0.25) is 0 Å². The summed E-state index contributed by atoms with van der Waals surface area (Å²) in [6.45, 7) is 4.65. The predicted octanol–water partition coefficient (Wildman–Crippen LogP) is 4.11. The van der Waals surface area contributed by atoms with E-state index in [9.17, 15) is 4.79 Å². The summed E-state index contributed by atoms with van der Waals surface area (Å²) in [7, 11) is 0. The molecule has 0 spiro atoms. The average molecular weight is 336 g/mol. The number of nitrogens with zero attached hydrogens (tertiary/aromatic N) is 2. The molecule has 0 aliphatic rings. The van der Waals surface area contributed by atoms with Crippen molar-refractivity contribution in [2.45, 2.75) is 13.8 Å². The van der Waals surface area contributed by atoms with Gasteiger partial charge in [-0.2, -0.15) is 5.10 Å². The fourth-order valence-corrected chi connectivity index (χ4v) is 2.55. The number of ether oxygens (including phenoxy) is 2. The van der Waals surface area contributed by atoms with Crippen LogP contribution in [0, 0.1) is 0 Å². The lowest BCUT2D eigenvalue weighted by Crippen LogP contribution is -2.06. The standard InChI is InChI=1S/C20H20N2O3/c1-3-24-17-12-10-16(11-13-17)22-19(15-8-6-5-7-9-15)14-18(21-22)20(23)25-4-2/h5-14H,3-4H2,1-2H3. The predicted molar refractivity (Wildman–Crippen MR) is 96.1 cm³/mol. The topological polar surface area (TPSA) is 53.4 Å². The van der Waals surface area contributed by atoms with Crippen LogP contribution in [0.5, 0.6) is 5.75 Å². The number of hydrogen-bond donors (Lipinski definition) is 0. The molecule has 0 saturated heterocycles. The van der Waals surface area contributed by atoms with Crippen LogP contribution in [0.4, 0.5) is 0 Å². The summed E-state index contributed by atoms with van der Waals surface area (Å²) in [5, 5.41) is 4.45. The molecule has 0 radical (unpaired) electrons. The van der Waals surface area contributed by atoms with Crippen LogP contribution < -0.4 is 4.74 Å². The number of esters is 1. The maximum Gasteiger partial charge on any atom is 0.358 e. The van der Waals surface area contributed by atoms with Gasteiger partial charge in [-0.25, -0.2) is 9.48 Å². The van der Waals surface area contributed by atoms with E-state index in [0.29, 0.717) is 13.2 Å². The first-order valence-electron chi connectivity index (χ1n) is 8.28. The number of rotatable bonds is 6. The summed E-state index contributed by atoms with van der Waals surface area (Å²) in [5.74, 6) is 0.370. The van der Waals surface area contributed by atoms with Crippen LogP contribution in [-0.4, -0.2) is 29.0 Å². The van der Waals surface area contributed by atoms with Crippen LogP contribution >= 0.6 is 0 Å². The van der Waals surface area contributed by atoms with Crippen molar-refractivity contribution in [1.29, 1.82) is 0 Å². The Balaban J connectivity index is 2.05. The molecule has 0 N–H and O–H groups in total. The molecule has 3 aromatic rings. The quantitative estimate of drug-likeness (QED) is 0.636. The fraction of sp³-hybridized carbons (Fsp3) is 0.200. The van der Waals surface area contributed by atoms with Gasteiger partial charge in [-0.15, -0.1) is 0 Å². The molecule has 3 rings (SSSR count). The summed E-state index contributed by atoms with van der Waals surface area (Å²) in [6, 6.07) is 19.2. The Morgan fingerprint density at radius 1 is 1.00 bits per heavy atom. The number of benzene rings is 2. The third kappa shape index (κ3) is 3.71. The van der Waals surface area contributed by atoms with Crippen molar-refractivity contribution in [1.82, 2.24) is 9.78 Å². The van der Waals surface area contributed by atoms with Crippen molar-refractivity contribution in [2.24, 2.45) is 0 Å². The van der Waals surface area contributed by atoms with Crippen molar-refractivity contribution in [2.75, 3.05) is 13.2 Å². The minimum absolute atomic E-state index is 0.287. The monoisotopic (exact) mass is 336 g/mol. The summed E-state index contributed by atoms with van der Waals surface area (Å²) in [6.07, 6.45) is 0. The summed E-state index contributed by atoms with van der Waals surface area (Å²) < 4.78 is 12.3. The highest BCUT2D eigenvalue weighted by Gasteiger charge is 2.17. The fourth-order valence-electron chi connectivity index (χ4n) is 2.55. The number of hydrogen-bond acceptors (Lipinski definition) is 4. The molecule has 128 valence electrons. The normalized spacial score (nSPS) is 10.5. The molecule has 0 atom stereocenters. The Hall–Kier alpha value is -3.08. The van der Waals surface area contributed by atoms with Gasteiger partial charge in [-0.3, -0.25) is 0 Å². The molecule has 2 aromatic carbocycles. The Bertz CT molecular complexity index is 839. The second-order valence-corrected chi connectivity index (χ2v) is 5.34. The highest BCUT2D eigenvalue weighted by atomic mass is 16.5. The van der Waals surface area contributed by atoms with Gasteiger partial charge in [0.15, 0.2) is 5.69 Å². The van der Waals surface area contributed by atoms with Gasteiger partial charge in [0.1, 0.15) is 5.75 Å². The Morgan fingerprint density at radius 3 is 2.36 bits per heavy atom. The van der Waals surface area contributed by atoms with E-state index in [1.54, 1.807) is 17.7 Å². The van der Waals surface area contributed by atoms with E-state index >= 15 is 0 Å². The zero-order valence-electron chi connectivity index (χ0n) is 14.3. The van der Waals surface area contributed by atoms with Gasteiger partial charge >= 0.3 is 5.97 Å². The van der Waals surface area contributed by atoms with Gasteiger partial charge < -0.3 is 9.47 Å². The summed E-state index contributed by atoms with van der Waals surface area (Å²) in [4.78, 5) is 12.1. The van der Waals surface area contributed by atoms with E-state index in [1.165, 1.54) is 0 Å².